The topological polar surface area (TPSA) is 97.7 Å². The van der Waals surface area contributed by atoms with E-state index in [4.69, 9.17) is 15.2 Å². The van der Waals surface area contributed by atoms with Crippen LogP contribution in [0, 0.1) is 11.3 Å². The Morgan fingerprint density at radius 1 is 1.31 bits per heavy atom. The van der Waals surface area contributed by atoms with E-state index in [0.717, 1.165) is 29.7 Å². The molecule has 0 saturated heterocycles. The number of nitrogens with zero attached hydrogens (tertiary/aromatic N) is 2. The van der Waals surface area contributed by atoms with Crippen molar-refractivity contribution in [3.63, 3.8) is 0 Å². The molecule has 0 spiro atoms. The molecule has 0 fully saturated rings. The standard InChI is InChI=1S/C22H25N3O3S/c1-4-6-11-28-15-9-7-14(8-10-15)18-17(22(26)27-5-2)13(3)25-21-19(18)20(24)16(12-23)29-21/h7-10,16,18H,4-6,11,24H2,1-3H3. The molecule has 0 aromatic heterocycles. The molecule has 2 aliphatic rings. The van der Waals surface area contributed by atoms with E-state index in [-0.39, 0.29) is 6.61 Å². The van der Waals surface area contributed by atoms with E-state index in [2.05, 4.69) is 18.0 Å². The molecule has 29 heavy (non-hydrogen) atoms. The van der Waals surface area contributed by atoms with Crippen LogP contribution in [0.1, 0.15) is 45.1 Å². The van der Waals surface area contributed by atoms with Crippen molar-refractivity contribution in [2.24, 2.45) is 10.7 Å². The summed E-state index contributed by atoms with van der Waals surface area (Å²) >= 11 is 1.33. The van der Waals surface area contributed by atoms with Gasteiger partial charge in [0, 0.05) is 17.2 Å². The molecule has 2 atom stereocenters. The van der Waals surface area contributed by atoms with Crippen molar-refractivity contribution >= 4 is 22.8 Å². The number of nitriles is 1. The SMILES string of the molecule is CCCCOc1ccc(C2C(C(=O)OCC)=C(C)N=C3SC(C#N)C(N)=C32)cc1. The Morgan fingerprint density at radius 2 is 2.03 bits per heavy atom. The maximum absolute atomic E-state index is 12.8. The number of benzene rings is 1. The lowest BCUT2D eigenvalue weighted by molar-refractivity contribution is -0.138. The van der Waals surface area contributed by atoms with Crippen LogP contribution in [-0.4, -0.2) is 29.5 Å². The van der Waals surface area contributed by atoms with E-state index in [1.165, 1.54) is 11.8 Å². The molecular formula is C22H25N3O3S. The first kappa shape index (κ1) is 21.0. The highest BCUT2D eigenvalue weighted by atomic mass is 32.2. The summed E-state index contributed by atoms with van der Waals surface area (Å²) in [5, 5.41) is 9.64. The fraction of sp³-hybridized carbons (Fsp3) is 0.409. The summed E-state index contributed by atoms with van der Waals surface area (Å²) in [4.78, 5) is 17.3. The molecule has 152 valence electrons. The summed E-state index contributed by atoms with van der Waals surface area (Å²) in [7, 11) is 0. The lowest BCUT2D eigenvalue weighted by Crippen LogP contribution is -2.24. The predicted octanol–water partition coefficient (Wildman–Crippen LogP) is 4.05. The zero-order valence-corrected chi connectivity index (χ0v) is 17.7. The second kappa shape index (κ2) is 9.19. The van der Waals surface area contributed by atoms with Gasteiger partial charge in [0.1, 0.15) is 16.0 Å². The molecule has 6 nitrogen and oxygen atoms in total. The van der Waals surface area contributed by atoms with Crippen LogP contribution in [0.4, 0.5) is 0 Å². The number of fused-ring (bicyclic) bond motifs is 1. The third kappa shape index (κ3) is 4.18. The number of aliphatic imine (C=N–C) groups is 1. The number of nitrogens with two attached hydrogens (primary N) is 1. The van der Waals surface area contributed by atoms with Gasteiger partial charge in [0.05, 0.1) is 30.6 Å². The number of esters is 1. The van der Waals surface area contributed by atoms with Gasteiger partial charge in [-0.1, -0.05) is 37.2 Å². The van der Waals surface area contributed by atoms with E-state index < -0.39 is 17.1 Å². The quantitative estimate of drug-likeness (QED) is 0.537. The zero-order chi connectivity index (χ0) is 21.0. The Hall–Kier alpha value is -2.72. The van der Waals surface area contributed by atoms with Crippen LogP contribution in [0.5, 0.6) is 5.75 Å². The molecule has 2 aliphatic heterocycles. The van der Waals surface area contributed by atoms with Crippen molar-refractivity contribution in [2.45, 2.75) is 44.8 Å². The zero-order valence-electron chi connectivity index (χ0n) is 16.9. The Bertz CT molecular complexity index is 926. The Labute approximate surface area is 175 Å². The van der Waals surface area contributed by atoms with E-state index in [0.29, 0.717) is 28.6 Å². The van der Waals surface area contributed by atoms with Crippen LogP contribution in [0.2, 0.25) is 0 Å². The first-order valence-electron chi connectivity index (χ1n) is 9.77. The minimum atomic E-state index is -0.503. The smallest absolute Gasteiger partial charge is 0.336 e. The number of ether oxygens (including phenoxy) is 2. The van der Waals surface area contributed by atoms with Crippen LogP contribution in [0.25, 0.3) is 0 Å². The fourth-order valence-electron chi connectivity index (χ4n) is 3.44. The lowest BCUT2D eigenvalue weighted by atomic mass is 9.81. The molecule has 0 aliphatic carbocycles. The van der Waals surface area contributed by atoms with Gasteiger partial charge in [-0.3, -0.25) is 0 Å². The van der Waals surface area contributed by atoms with E-state index >= 15 is 0 Å². The summed E-state index contributed by atoms with van der Waals surface area (Å²) in [6.45, 7) is 6.62. The number of thioether (sulfide) groups is 1. The average Bonchev–Trinajstić information content (AvgIpc) is 3.03. The van der Waals surface area contributed by atoms with E-state index in [9.17, 15) is 10.1 Å². The van der Waals surface area contributed by atoms with Crippen molar-refractivity contribution in [3.05, 3.63) is 52.4 Å². The molecule has 0 saturated carbocycles. The van der Waals surface area contributed by atoms with E-state index in [1.54, 1.807) is 13.8 Å². The summed E-state index contributed by atoms with van der Waals surface area (Å²) in [6.07, 6.45) is 2.07. The third-order valence-electron chi connectivity index (χ3n) is 4.88. The normalized spacial score (nSPS) is 20.8. The van der Waals surface area contributed by atoms with Crippen LogP contribution in [0.15, 0.2) is 51.8 Å². The monoisotopic (exact) mass is 411 g/mol. The first-order valence-corrected chi connectivity index (χ1v) is 10.6. The molecule has 3 rings (SSSR count). The Morgan fingerprint density at radius 3 is 2.66 bits per heavy atom. The summed E-state index contributed by atoms with van der Waals surface area (Å²) in [6, 6.07) is 9.88. The van der Waals surface area contributed by atoms with Crippen molar-refractivity contribution in [1.82, 2.24) is 0 Å². The number of allylic oxidation sites excluding steroid dienone is 1. The van der Waals surface area contributed by atoms with Gasteiger partial charge in [-0.15, -0.1) is 0 Å². The molecule has 7 heteroatoms. The van der Waals surface area contributed by atoms with Gasteiger partial charge in [0.25, 0.3) is 0 Å². The average molecular weight is 412 g/mol. The van der Waals surface area contributed by atoms with E-state index in [1.807, 2.05) is 24.3 Å². The Balaban J connectivity index is 2.04. The molecule has 1 aromatic rings. The molecule has 1 aromatic carbocycles. The second-order valence-corrected chi connectivity index (χ2v) is 7.93. The van der Waals surface area contributed by atoms with Crippen molar-refractivity contribution in [1.29, 1.82) is 5.26 Å². The highest BCUT2D eigenvalue weighted by molar-refractivity contribution is 8.15. The van der Waals surface area contributed by atoms with Crippen molar-refractivity contribution in [2.75, 3.05) is 13.2 Å². The van der Waals surface area contributed by atoms with Gasteiger partial charge in [0.2, 0.25) is 0 Å². The highest BCUT2D eigenvalue weighted by Gasteiger charge is 2.42. The molecule has 0 bridgehead atoms. The number of hydrogen-bond donors (Lipinski definition) is 1. The summed E-state index contributed by atoms with van der Waals surface area (Å²) in [5.74, 6) is -0.0493. The number of rotatable bonds is 7. The number of hydrogen-bond acceptors (Lipinski definition) is 7. The molecule has 0 radical (unpaired) electrons. The van der Waals surface area contributed by atoms with Crippen LogP contribution in [-0.2, 0) is 9.53 Å². The summed E-state index contributed by atoms with van der Waals surface area (Å²) in [5.41, 5.74) is 9.46. The van der Waals surface area contributed by atoms with Crippen LogP contribution >= 0.6 is 11.8 Å². The van der Waals surface area contributed by atoms with Crippen LogP contribution < -0.4 is 10.5 Å². The maximum Gasteiger partial charge on any atom is 0.336 e. The summed E-state index contributed by atoms with van der Waals surface area (Å²) < 4.78 is 11.1. The van der Waals surface area contributed by atoms with Gasteiger partial charge in [-0.05, 0) is 38.0 Å². The third-order valence-corrected chi connectivity index (χ3v) is 6.01. The number of carbonyl (C=O) groups is 1. The molecule has 2 N–H and O–H groups in total. The first-order chi connectivity index (χ1) is 14.0. The van der Waals surface area contributed by atoms with Gasteiger partial charge in [0.15, 0.2) is 0 Å². The van der Waals surface area contributed by atoms with Gasteiger partial charge >= 0.3 is 5.97 Å². The highest BCUT2D eigenvalue weighted by Crippen LogP contribution is 2.47. The maximum atomic E-state index is 12.8. The minimum Gasteiger partial charge on any atom is -0.494 e. The molecular weight excluding hydrogens is 386 g/mol. The predicted molar refractivity (Wildman–Crippen MR) is 115 cm³/mol. The molecule has 0 amide bonds. The number of carbonyl (C=O) groups excluding carboxylic acids is 1. The van der Waals surface area contributed by atoms with Crippen molar-refractivity contribution < 1.29 is 14.3 Å². The molecule has 2 unspecified atom stereocenters. The number of unbranched alkanes of at least 4 members (excludes halogenated alkanes) is 1. The molecule has 2 heterocycles. The van der Waals surface area contributed by atoms with Crippen LogP contribution in [0.3, 0.4) is 0 Å². The Kier molecular flexibility index (Phi) is 6.65. The second-order valence-electron chi connectivity index (χ2n) is 6.84. The van der Waals surface area contributed by atoms with Crippen molar-refractivity contribution in [3.8, 4) is 11.8 Å². The van der Waals surface area contributed by atoms with Gasteiger partial charge in [-0.25, -0.2) is 9.79 Å². The lowest BCUT2D eigenvalue weighted by Gasteiger charge is -2.27. The minimum absolute atomic E-state index is 0.271. The fourth-order valence-corrected chi connectivity index (χ4v) is 4.52. The van der Waals surface area contributed by atoms with Gasteiger partial charge < -0.3 is 15.2 Å². The van der Waals surface area contributed by atoms with Gasteiger partial charge in [-0.2, -0.15) is 5.26 Å². The largest absolute Gasteiger partial charge is 0.494 e.